The van der Waals surface area contributed by atoms with Gasteiger partial charge in [0.25, 0.3) is 0 Å². The third-order valence-electron chi connectivity index (χ3n) is 9.30. The molecule has 1 aliphatic rings. The largest absolute Gasteiger partial charge is 0.497 e. The van der Waals surface area contributed by atoms with Crippen LogP contribution in [0.5, 0.6) is 5.75 Å². The van der Waals surface area contributed by atoms with Crippen molar-refractivity contribution >= 4 is 32.7 Å². The number of rotatable bonds is 7. The first-order chi connectivity index (χ1) is 19.0. The Morgan fingerprint density at radius 1 is 0.974 bits per heavy atom. The van der Waals surface area contributed by atoms with Crippen LogP contribution in [0.3, 0.4) is 0 Å². The maximum absolute atomic E-state index is 5.57. The molecule has 0 aliphatic carbocycles. The summed E-state index contributed by atoms with van der Waals surface area (Å²) in [4.78, 5) is 9.66. The summed E-state index contributed by atoms with van der Waals surface area (Å²) in [6.07, 6.45) is 6.34. The fourth-order valence-electron chi connectivity index (χ4n) is 6.78. The average molecular weight is 517 g/mol. The average Bonchev–Trinajstić information content (AvgIpc) is 2.98. The molecule has 4 nitrogen and oxygen atoms in total. The zero-order valence-corrected chi connectivity index (χ0v) is 23.3. The van der Waals surface area contributed by atoms with Crippen LogP contribution < -0.4 is 4.74 Å². The monoisotopic (exact) mass is 516 g/mol. The van der Waals surface area contributed by atoms with E-state index in [1.54, 1.807) is 7.11 Å². The minimum Gasteiger partial charge on any atom is -0.497 e. The second kappa shape index (κ2) is 10.4. The van der Waals surface area contributed by atoms with Gasteiger partial charge in [-0.25, -0.2) is 4.98 Å². The number of piperidine rings is 1. The van der Waals surface area contributed by atoms with Crippen LogP contribution in [0.15, 0.2) is 91.6 Å². The number of methoxy groups -OCH3 is 1. The third-order valence-corrected chi connectivity index (χ3v) is 9.30. The Kier molecular flexibility index (Phi) is 6.82. The number of nitrogens with zero attached hydrogens (tertiary/aromatic N) is 3. The summed E-state index contributed by atoms with van der Waals surface area (Å²) in [6, 6.07) is 26.1. The number of benzene rings is 3. The second-order valence-corrected chi connectivity index (χ2v) is 11.5. The van der Waals surface area contributed by atoms with E-state index < -0.39 is 0 Å². The minimum atomic E-state index is 0.405. The van der Waals surface area contributed by atoms with Crippen LogP contribution in [0.4, 0.5) is 0 Å². The normalized spacial score (nSPS) is 22.2. The topological polar surface area (TPSA) is 35.0 Å². The first-order valence-corrected chi connectivity index (χ1v) is 14.2. The van der Waals surface area contributed by atoms with E-state index in [1.165, 1.54) is 33.7 Å². The standard InChI is InChI=1S/C35H38N3O/c1-5-26-22-38(19-17-24(26)2,25(3)20-27-16-18-36-33-15-14-28(39-4)21-31(27)33)23-32-29-10-6-8-12-34(29)37-35-13-9-7-11-30(32)35/h5-16,18,21,24-26H,1,17,19-20,22-23H2,2-4H3/q+1. The van der Waals surface area contributed by atoms with Gasteiger partial charge >= 0.3 is 0 Å². The first-order valence-electron chi connectivity index (χ1n) is 14.2. The Bertz CT molecular complexity index is 1610. The van der Waals surface area contributed by atoms with Gasteiger partial charge in [0.1, 0.15) is 12.3 Å². The molecule has 0 bridgehead atoms. The van der Waals surface area contributed by atoms with Crippen LogP contribution in [0.25, 0.3) is 32.7 Å². The zero-order valence-electron chi connectivity index (χ0n) is 23.3. The minimum absolute atomic E-state index is 0.405. The van der Waals surface area contributed by atoms with E-state index in [0.717, 1.165) is 52.8 Å². The van der Waals surface area contributed by atoms with Crippen molar-refractivity contribution in [3.63, 3.8) is 0 Å². The highest BCUT2D eigenvalue weighted by Gasteiger charge is 2.42. The van der Waals surface area contributed by atoms with E-state index in [1.807, 2.05) is 12.3 Å². The molecule has 4 atom stereocenters. The Morgan fingerprint density at radius 3 is 2.38 bits per heavy atom. The number of quaternary nitrogens is 1. The van der Waals surface area contributed by atoms with Crippen LogP contribution in [0, 0.1) is 11.8 Å². The SMILES string of the molecule is C=CC1C[N+](Cc2c3ccccc3nc3ccccc23)(C(C)Cc2ccnc3ccc(OC)cc23)CCC1C. The lowest BCUT2D eigenvalue weighted by molar-refractivity contribution is -0.969. The highest BCUT2D eigenvalue weighted by molar-refractivity contribution is 5.97. The van der Waals surface area contributed by atoms with E-state index in [9.17, 15) is 0 Å². The lowest BCUT2D eigenvalue weighted by atomic mass is 9.83. The molecule has 1 saturated heterocycles. The van der Waals surface area contributed by atoms with Gasteiger partial charge in [-0.3, -0.25) is 4.98 Å². The molecule has 3 aromatic carbocycles. The molecule has 4 unspecified atom stereocenters. The third kappa shape index (κ3) is 4.68. The number of likely N-dealkylation sites (tertiary alicyclic amines) is 1. The van der Waals surface area contributed by atoms with Crippen molar-refractivity contribution in [3.05, 3.63) is 103 Å². The van der Waals surface area contributed by atoms with Crippen LogP contribution in [0.2, 0.25) is 0 Å². The number of hydrogen-bond acceptors (Lipinski definition) is 3. The lowest BCUT2D eigenvalue weighted by Gasteiger charge is -2.50. The zero-order chi connectivity index (χ0) is 27.0. The Balaban J connectivity index is 1.47. The predicted octanol–water partition coefficient (Wildman–Crippen LogP) is 7.73. The summed E-state index contributed by atoms with van der Waals surface area (Å²) in [5.41, 5.74) is 5.93. The van der Waals surface area contributed by atoms with Crippen molar-refractivity contribution in [1.82, 2.24) is 9.97 Å². The highest BCUT2D eigenvalue weighted by Crippen LogP contribution is 2.38. The van der Waals surface area contributed by atoms with E-state index in [4.69, 9.17) is 9.72 Å². The van der Waals surface area contributed by atoms with Gasteiger partial charge in [0.05, 0.1) is 42.8 Å². The molecule has 0 amide bonds. The van der Waals surface area contributed by atoms with Crippen LogP contribution in [-0.4, -0.2) is 40.7 Å². The number of aromatic nitrogens is 2. The smallest absolute Gasteiger partial charge is 0.119 e. The van der Waals surface area contributed by atoms with Crippen molar-refractivity contribution < 1.29 is 9.22 Å². The summed E-state index contributed by atoms with van der Waals surface area (Å²) in [5.74, 6) is 2.02. The molecule has 198 valence electrons. The van der Waals surface area contributed by atoms with Crippen molar-refractivity contribution in [1.29, 1.82) is 0 Å². The second-order valence-electron chi connectivity index (χ2n) is 11.5. The Labute approximate surface area is 231 Å². The van der Waals surface area contributed by atoms with Gasteiger partial charge in [-0.05, 0) is 61.2 Å². The summed E-state index contributed by atoms with van der Waals surface area (Å²) < 4.78 is 6.61. The van der Waals surface area contributed by atoms with E-state index in [-0.39, 0.29) is 0 Å². The number of ether oxygens (including phenoxy) is 1. The molecule has 0 N–H and O–H groups in total. The number of pyridine rings is 2. The molecule has 39 heavy (non-hydrogen) atoms. The van der Waals surface area contributed by atoms with Gasteiger partial charge in [0, 0.05) is 40.3 Å². The van der Waals surface area contributed by atoms with Crippen molar-refractivity contribution in [3.8, 4) is 5.75 Å². The predicted molar refractivity (Wildman–Crippen MR) is 162 cm³/mol. The van der Waals surface area contributed by atoms with Crippen molar-refractivity contribution in [2.75, 3.05) is 20.2 Å². The van der Waals surface area contributed by atoms with E-state index >= 15 is 0 Å². The summed E-state index contributed by atoms with van der Waals surface area (Å²) in [7, 11) is 1.73. The Hall–Kier alpha value is -3.76. The van der Waals surface area contributed by atoms with Crippen molar-refractivity contribution in [2.24, 2.45) is 11.8 Å². The number of para-hydroxylation sites is 2. The maximum Gasteiger partial charge on any atom is 0.119 e. The highest BCUT2D eigenvalue weighted by atomic mass is 16.5. The van der Waals surface area contributed by atoms with Crippen LogP contribution >= 0.6 is 0 Å². The molecule has 0 saturated carbocycles. The molecule has 3 heterocycles. The quantitative estimate of drug-likeness (QED) is 0.126. The van der Waals surface area contributed by atoms with Crippen molar-refractivity contribution in [2.45, 2.75) is 39.3 Å². The number of fused-ring (bicyclic) bond motifs is 3. The Morgan fingerprint density at radius 2 is 1.69 bits per heavy atom. The van der Waals surface area contributed by atoms with Gasteiger partial charge in [0.15, 0.2) is 0 Å². The molecule has 0 radical (unpaired) electrons. The molecule has 1 fully saturated rings. The maximum atomic E-state index is 5.57. The van der Waals surface area contributed by atoms with Crippen LogP contribution in [-0.2, 0) is 13.0 Å². The van der Waals surface area contributed by atoms with E-state index in [2.05, 4.69) is 98.2 Å². The molecule has 2 aromatic heterocycles. The van der Waals surface area contributed by atoms with Gasteiger partial charge in [0.2, 0.25) is 0 Å². The van der Waals surface area contributed by atoms with Crippen LogP contribution in [0.1, 0.15) is 31.4 Å². The fraction of sp³-hybridized carbons (Fsp3) is 0.314. The molecule has 0 spiro atoms. The summed E-state index contributed by atoms with van der Waals surface area (Å²) >= 11 is 0. The molecule has 4 heteroatoms. The van der Waals surface area contributed by atoms with Gasteiger partial charge in [-0.2, -0.15) is 0 Å². The van der Waals surface area contributed by atoms with Gasteiger partial charge in [-0.1, -0.05) is 49.4 Å². The molecule has 1 aliphatic heterocycles. The molecule has 5 aromatic rings. The van der Waals surface area contributed by atoms with Gasteiger partial charge < -0.3 is 9.22 Å². The first kappa shape index (κ1) is 25.5. The fourth-order valence-corrected chi connectivity index (χ4v) is 6.78. The number of hydrogen-bond donors (Lipinski definition) is 0. The van der Waals surface area contributed by atoms with Gasteiger partial charge in [-0.15, -0.1) is 6.58 Å². The molecular formula is C35H38N3O+. The van der Waals surface area contributed by atoms with E-state index in [0.29, 0.717) is 17.9 Å². The summed E-state index contributed by atoms with van der Waals surface area (Å²) in [5, 5.41) is 3.73. The molecule has 6 rings (SSSR count). The lowest BCUT2D eigenvalue weighted by Crippen LogP contribution is -2.60. The molecular weight excluding hydrogens is 478 g/mol. The summed E-state index contributed by atoms with van der Waals surface area (Å²) in [6.45, 7) is 12.4.